The number of amides is 3. The molecule has 3 N–H and O–H groups in total. The number of rotatable bonds is 8. The molecule has 3 amide bonds. The second-order valence-electron chi connectivity index (χ2n) is 11.0. The first-order valence-corrected chi connectivity index (χ1v) is 13.6. The summed E-state index contributed by atoms with van der Waals surface area (Å²) in [4.78, 5) is 30.2. The molecule has 39 heavy (non-hydrogen) atoms. The van der Waals surface area contributed by atoms with Gasteiger partial charge in [-0.1, -0.05) is 6.92 Å². The van der Waals surface area contributed by atoms with Crippen LogP contribution in [0, 0.1) is 11.8 Å². The monoisotopic (exact) mass is 538 g/mol. The van der Waals surface area contributed by atoms with Crippen LogP contribution in [0.4, 0.5) is 16.2 Å². The molecule has 2 aromatic rings. The number of hydrogen-bond acceptors (Lipinski definition) is 7. The van der Waals surface area contributed by atoms with Gasteiger partial charge in [0.1, 0.15) is 11.9 Å². The zero-order valence-corrected chi connectivity index (χ0v) is 22.8. The lowest BCUT2D eigenvalue weighted by molar-refractivity contribution is -0.134. The Labute approximate surface area is 229 Å². The standard InChI is InChI=1S/C29H38N4O6/c1-18-13-33(19(2)16-34)28(35)11-21-10-22(6-8-24(21)39-27(18)15-32(3)14-20-4-5-20)30-29(36)31-23-7-9-25-26(12-23)38-17-37-25/h6-10,12,18-20,27,34H,4-5,11,13-17H2,1-3H3,(H2,30,31,36)/t18-,19+,27+/m0/s1. The van der Waals surface area contributed by atoms with Crippen molar-refractivity contribution in [1.29, 1.82) is 0 Å². The fraction of sp³-hybridized carbons (Fsp3) is 0.517. The molecule has 2 aliphatic heterocycles. The number of ether oxygens (including phenoxy) is 3. The molecule has 0 unspecified atom stereocenters. The molecule has 3 aliphatic rings. The summed E-state index contributed by atoms with van der Waals surface area (Å²) in [6.07, 6.45) is 2.53. The highest BCUT2D eigenvalue weighted by Crippen LogP contribution is 2.35. The van der Waals surface area contributed by atoms with Crippen LogP contribution in [0.25, 0.3) is 0 Å². The van der Waals surface area contributed by atoms with Crippen LogP contribution in [0.15, 0.2) is 36.4 Å². The third-order valence-electron chi connectivity index (χ3n) is 7.56. The lowest BCUT2D eigenvalue weighted by Crippen LogP contribution is -2.47. The van der Waals surface area contributed by atoms with E-state index in [2.05, 4.69) is 29.5 Å². The fourth-order valence-electron chi connectivity index (χ4n) is 5.12. The Bertz CT molecular complexity index is 1200. The summed E-state index contributed by atoms with van der Waals surface area (Å²) in [5.74, 6) is 2.59. The molecule has 1 saturated carbocycles. The largest absolute Gasteiger partial charge is 0.488 e. The summed E-state index contributed by atoms with van der Waals surface area (Å²) < 4.78 is 17.3. The summed E-state index contributed by atoms with van der Waals surface area (Å²) >= 11 is 0. The van der Waals surface area contributed by atoms with Crippen molar-refractivity contribution >= 4 is 23.3 Å². The van der Waals surface area contributed by atoms with E-state index in [1.165, 1.54) is 12.8 Å². The lowest BCUT2D eigenvalue weighted by atomic mass is 10.0. The maximum Gasteiger partial charge on any atom is 0.323 e. The SMILES string of the molecule is C[C@H](CO)N1C[C@H](C)[C@@H](CN(C)CC2CC2)Oc2ccc(NC(=O)Nc3ccc4c(c3)OCO4)cc2CC1=O. The Kier molecular flexibility index (Phi) is 8.13. The average Bonchev–Trinajstić information content (AvgIpc) is 3.58. The minimum atomic E-state index is -0.423. The number of carbonyl (C=O) groups is 2. The van der Waals surface area contributed by atoms with Gasteiger partial charge in [-0.05, 0) is 63.1 Å². The van der Waals surface area contributed by atoms with Crippen molar-refractivity contribution in [2.75, 3.05) is 50.7 Å². The molecule has 0 aromatic heterocycles. The Morgan fingerprint density at radius 3 is 2.49 bits per heavy atom. The molecule has 210 valence electrons. The molecule has 10 heteroatoms. The van der Waals surface area contributed by atoms with Gasteiger partial charge < -0.3 is 39.8 Å². The van der Waals surface area contributed by atoms with E-state index in [0.29, 0.717) is 40.7 Å². The first-order chi connectivity index (χ1) is 18.8. The van der Waals surface area contributed by atoms with Crippen LogP contribution >= 0.6 is 0 Å². The molecule has 0 bridgehead atoms. The summed E-state index contributed by atoms with van der Waals surface area (Å²) in [6, 6.07) is 9.85. The zero-order valence-electron chi connectivity index (χ0n) is 22.8. The number of benzene rings is 2. The van der Waals surface area contributed by atoms with Gasteiger partial charge in [0.25, 0.3) is 0 Å². The molecule has 10 nitrogen and oxygen atoms in total. The maximum atomic E-state index is 13.4. The highest BCUT2D eigenvalue weighted by atomic mass is 16.7. The van der Waals surface area contributed by atoms with Crippen molar-refractivity contribution in [3.63, 3.8) is 0 Å². The van der Waals surface area contributed by atoms with Crippen LogP contribution in [0.1, 0.15) is 32.3 Å². The van der Waals surface area contributed by atoms with E-state index in [-0.39, 0.29) is 43.8 Å². The van der Waals surface area contributed by atoms with Crippen LogP contribution in [0.2, 0.25) is 0 Å². The third-order valence-corrected chi connectivity index (χ3v) is 7.56. The first kappa shape index (κ1) is 27.1. The van der Waals surface area contributed by atoms with Gasteiger partial charge in [0, 0.05) is 48.6 Å². The van der Waals surface area contributed by atoms with Gasteiger partial charge in [-0.25, -0.2) is 4.79 Å². The van der Waals surface area contributed by atoms with Crippen molar-refractivity contribution in [2.45, 2.75) is 45.3 Å². The molecule has 3 atom stereocenters. The topological polar surface area (TPSA) is 113 Å². The van der Waals surface area contributed by atoms with E-state index in [4.69, 9.17) is 14.2 Å². The summed E-state index contributed by atoms with van der Waals surface area (Å²) in [7, 11) is 2.12. The number of aliphatic hydroxyl groups is 1. The van der Waals surface area contributed by atoms with Crippen LogP contribution in [-0.2, 0) is 11.2 Å². The van der Waals surface area contributed by atoms with Crippen molar-refractivity contribution in [1.82, 2.24) is 9.80 Å². The second kappa shape index (κ2) is 11.7. The molecule has 2 aromatic carbocycles. The minimum Gasteiger partial charge on any atom is -0.488 e. The number of carbonyl (C=O) groups excluding carboxylic acids is 2. The molecule has 2 heterocycles. The second-order valence-corrected chi connectivity index (χ2v) is 11.0. The average molecular weight is 539 g/mol. The molecule has 1 aliphatic carbocycles. The third kappa shape index (κ3) is 6.75. The minimum absolute atomic E-state index is 0.0563. The Hall–Kier alpha value is -3.50. The van der Waals surface area contributed by atoms with E-state index in [0.717, 1.165) is 19.0 Å². The van der Waals surface area contributed by atoms with Crippen molar-refractivity contribution in [3.05, 3.63) is 42.0 Å². The van der Waals surface area contributed by atoms with E-state index >= 15 is 0 Å². The van der Waals surface area contributed by atoms with E-state index < -0.39 is 6.03 Å². The maximum absolute atomic E-state index is 13.4. The van der Waals surface area contributed by atoms with Gasteiger partial charge in [0.2, 0.25) is 12.7 Å². The normalized spacial score (nSPS) is 21.4. The van der Waals surface area contributed by atoms with Crippen LogP contribution in [0.3, 0.4) is 0 Å². The molecular formula is C29H38N4O6. The van der Waals surface area contributed by atoms with Crippen molar-refractivity contribution in [3.8, 4) is 17.2 Å². The number of nitrogens with zero attached hydrogens (tertiary/aromatic N) is 2. The number of urea groups is 1. The quantitative estimate of drug-likeness (QED) is 0.471. The fourth-order valence-corrected chi connectivity index (χ4v) is 5.12. The van der Waals surface area contributed by atoms with Crippen LogP contribution in [0.5, 0.6) is 17.2 Å². The highest BCUT2D eigenvalue weighted by Gasteiger charge is 2.32. The van der Waals surface area contributed by atoms with E-state index in [9.17, 15) is 14.7 Å². The van der Waals surface area contributed by atoms with Crippen LogP contribution in [-0.4, -0.2) is 79.1 Å². The summed E-state index contributed by atoms with van der Waals surface area (Å²) in [6.45, 7) is 6.28. The smallest absolute Gasteiger partial charge is 0.323 e. The van der Waals surface area contributed by atoms with Gasteiger partial charge >= 0.3 is 6.03 Å². The van der Waals surface area contributed by atoms with Gasteiger partial charge in [-0.3, -0.25) is 4.79 Å². The molecule has 5 rings (SSSR count). The van der Waals surface area contributed by atoms with Crippen molar-refractivity contribution in [2.24, 2.45) is 11.8 Å². The zero-order chi connectivity index (χ0) is 27.5. The number of nitrogens with one attached hydrogen (secondary N) is 2. The summed E-state index contributed by atoms with van der Waals surface area (Å²) in [5.41, 5.74) is 1.80. The lowest BCUT2D eigenvalue weighted by Gasteiger charge is -2.34. The van der Waals surface area contributed by atoms with Gasteiger partial charge in [0.05, 0.1) is 19.1 Å². The number of likely N-dealkylation sites (N-methyl/N-ethyl adjacent to an activating group) is 1. The predicted molar refractivity (Wildman–Crippen MR) is 147 cm³/mol. The first-order valence-electron chi connectivity index (χ1n) is 13.6. The van der Waals surface area contributed by atoms with Gasteiger partial charge in [-0.15, -0.1) is 0 Å². The van der Waals surface area contributed by atoms with Crippen molar-refractivity contribution < 1.29 is 28.9 Å². The van der Waals surface area contributed by atoms with E-state index in [1.807, 2.05) is 13.0 Å². The molecule has 0 spiro atoms. The van der Waals surface area contributed by atoms with Gasteiger partial charge in [-0.2, -0.15) is 0 Å². The van der Waals surface area contributed by atoms with Gasteiger partial charge in [0.15, 0.2) is 11.5 Å². The predicted octanol–water partition coefficient (Wildman–Crippen LogP) is 3.55. The number of hydrogen-bond donors (Lipinski definition) is 3. The number of fused-ring (bicyclic) bond motifs is 2. The Morgan fingerprint density at radius 1 is 1.08 bits per heavy atom. The Morgan fingerprint density at radius 2 is 1.77 bits per heavy atom. The highest BCUT2D eigenvalue weighted by molar-refractivity contribution is 6.00. The van der Waals surface area contributed by atoms with Crippen LogP contribution < -0.4 is 24.8 Å². The molecule has 0 saturated heterocycles. The molecular weight excluding hydrogens is 500 g/mol. The number of anilines is 2. The Balaban J connectivity index is 1.34. The van der Waals surface area contributed by atoms with E-state index in [1.54, 1.807) is 35.2 Å². The number of aliphatic hydroxyl groups excluding tert-OH is 1. The molecule has 1 fully saturated rings. The molecule has 0 radical (unpaired) electrons. The summed E-state index contributed by atoms with van der Waals surface area (Å²) in [5, 5.41) is 15.5.